The highest BCUT2D eigenvalue weighted by Crippen LogP contribution is 2.34. The molecule has 0 saturated carbocycles. The van der Waals surface area contributed by atoms with E-state index in [9.17, 15) is 9.90 Å². The molecule has 0 aliphatic rings. The molecular weight excluding hydrogens is 428 g/mol. The van der Waals surface area contributed by atoms with Gasteiger partial charge in [0.1, 0.15) is 29.6 Å². The second-order valence-electron chi connectivity index (χ2n) is 6.09. The second-order valence-corrected chi connectivity index (χ2v) is 6.94. The third-order valence-electron chi connectivity index (χ3n) is 4.17. The van der Waals surface area contributed by atoms with Crippen LogP contribution in [0.15, 0.2) is 52.9 Å². The molecule has 0 saturated heterocycles. The molecule has 1 heterocycles. The number of furan rings is 1. The number of nitrogens with one attached hydrogen (secondary N) is 2. The maximum absolute atomic E-state index is 12.6. The number of methoxy groups -OCH3 is 2. The summed E-state index contributed by atoms with van der Waals surface area (Å²) in [6.07, 6.45) is 0. The lowest BCUT2D eigenvalue weighted by atomic mass is 10.1. The Morgan fingerprint density at radius 3 is 2.50 bits per heavy atom. The fraction of sp³-hybridized carbons (Fsp3) is 0.143. The molecule has 1 aromatic heterocycles. The van der Waals surface area contributed by atoms with Gasteiger partial charge in [-0.15, -0.1) is 0 Å². The van der Waals surface area contributed by atoms with Gasteiger partial charge in [0.2, 0.25) is 0 Å². The number of anilines is 1. The molecule has 156 valence electrons. The minimum atomic E-state index is -0.459. The van der Waals surface area contributed by atoms with Crippen molar-refractivity contribution in [2.45, 2.75) is 6.61 Å². The first-order chi connectivity index (χ1) is 14.4. The van der Waals surface area contributed by atoms with E-state index in [1.807, 2.05) is 0 Å². The Hall–Kier alpha value is -3.07. The smallest absolute Gasteiger partial charge is 0.261 e. The van der Waals surface area contributed by atoms with Gasteiger partial charge in [-0.25, -0.2) is 0 Å². The van der Waals surface area contributed by atoms with Crippen LogP contribution in [0.3, 0.4) is 0 Å². The van der Waals surface area contributed by atoms with E-state index in [1.165, 1.54) is 13.2 Å². The Kier molecular flexibility index (Phi) is 6.94. The van der Waals surface area contributed by atoms with Crippen molar-refractivity contribution in [3.63, 3.8) is 0 Å². The lowest BCUT2D eigenvalue weighted by molar-refractivity contribution is 0.0974. The molecule has 0 unspecified atom stereocenters. The van der Waals surface area contributed by atoms with Crippen molar-refractivity contribution in [1.29, 1.82) is 0 Å². The summed E-state index contributed by atoms with van der Waals surface area (Å²) in [6.45, 7) is -0.205. The molecule has 0 aliphatic heterocycles. The largest absolute Gasteiger partial charge is 0.496 e. The summed E-state index contributed by atoms with van der Waals surface area (Å²) in [5, 5.41) is 15.3. The molecule has 9 heteroatoms. The van der Waals surface area contributed by atoms with Crippen molar-refractivity contribution >= 4 is 40.5 Å². The Bertz CT molecular complexity index is 1080. The molecule has 30 heavy (non-hydrogen) atoms. The van der Waals surface area contributed by atoms with Crippen molar-refractivity contribution in [1.82, 2.24) is 5.32 Å². The summed E-state index contributed by atoms with van der Waals surface area (Å²) in [7, 11) is 3.01. The van der Waals surface area contributed by atoms with Gasteiger partial charge in [0.25, 0.3) is 5.91 Å². The van der Waals surface area contributed by atoms with Crippen molar-refractivity contribution in [2.75, 3.05) is 19.5 Å². The monoisotopic (exact) mass is 446 g/mol. The number of thiocarbonyl (C=S) groups is 1. The third-order valence-corrected chi connectivity index (χ3v) is 4.61. The average molecular weight is 447 g/mol. The number of hydrogen-bond acceptors (Lipinski definition) is 6. The number of carbonyl (C=O) groups is 1. The van der Waals surface area contributed by atoms with Crippen LogP contribution in [0.4, 0.5) is 5.69 Å². The minimum Gasteiger partial charge on any atom is -0.496 e. The molecule has 0 fully saturated rings. The van der Waals surface area contributed by atoms with Crippen LogP contribution >= 0.6 is 23.8 Å². The Morgan fingerprint density at radius 2 is 1.83 bits per heavy atom. The number of aliphatic hydroxyl groups excluding tert-OH is 1. The number of benzene rings is 2. The van der Waals surface area contributed by atoms with Gasteiger partial charge >= 0.3 is 0 Å². The highest BCUT2D eigenvalue weighted by molar-refractivity contribution is 7.80. The van der Waals surface area contributed by atoms with E-state index in [2.05, 4.69) is 10.6 Å². The summed E-state index contributed by atoms with van der Waals surface area (Å²) < 4.78 is 16.2. The number of carbonyl (C=O) groups excluding carboxylic acids is 1. The number of ether oxygens (including phenoxy) is 2. The number of halogens is 1. The highest BCUT2D eigenvalue weighted by atomic mass is 35.5. The van der Waals surface area contributed by atoms with Crippen molar-refractivity contribution in [2.24, 2.45) is 0 Å². The van der Waals surface area contributed by atoms with E-state index < -0.39 is 5.91 Å². The van der Waals surface area contributed by atoms with E-state index in [-0.39, 0.29) is 17.3 Å². The van der Waals surface area contributed by atoms with Crippen molar-refractivity contribution in [3.8, 4) is 22.8 Å². The van der Waals surface area contributed by atoms with Gasteiger partial charge in [-0.1, -0.05) is 11.6 Å². The molecule has 1 amide bonds. The number of amides is 1. The van der Waals surface area contributed by atoms with E-state index >= 15 is 0 Å². The lowest BCUT2D eigenvalue weighted by Crippen LogP contribution is -2.34. The van der Waals surface area contributed by atoms with Gasteiger partial charge in [0, 0.05) is 10.7 Å². The van der Waals surface area contributed by atoms with Crippen LogP contribution in [0.1, 0.15) is 16.1 Å². The molecule has 0 bridgehead atoms. The zero-order valence-corrected chi connectivity index (χ0v) is 17.8. The molecule has 3 N–H and O–H groups in total. The molecule has 0 aliphatic carbocycles. The van der Waals surface area contributed by atoms with E-state index in [0.717, 1.165) is 0 Å². The molecule has 7 nitrogen and oxygen atoms in total. The minimum absolute atomic E-state index is 0.0913. The predicted octanol–water partition coefficient (Wildman–Crippen LogP) is 4.24. The average Bonchev–Trinajstić information content (AvgIpc) is 3.22. The quantitative estimate of drug-likeness (QED) is 0.488. The van der Waals surface area contributed by atoms with Crippen molar-refractivity contribution < 1.29 is 23.8 Å². The number of aliphatic hydroxyl groups is 1. The van der Waals surface area contributed by atoms with Crippen LogP contribution in [0.2, 0.25) is 5.02 Å². The summed E-state index contributed by atoms with van der Waals surface area (Å²) >= 11 is 11.2. The van der Waals surface area contributed by atoms with Gasteiger partial charge in [-0.05, 0) is 60.7 Å². The zero-order chi connectivity index (χ0) is 21.7. The van der Waals surface area contributed by atoms with E-state index in [0.29, 0.717) is 39.3 Å². The molecule has 0 atom stereocenters. The SMILES string of the molecule is COc1ccc(Cl)cc1C(=O)NC(=S)Nc1ccc(OC)c(-c2ccc(CO)o2)c1. The molecular formula is C21H19ClN2O5S. The van der Waals surface area contributed by atoms with Gasteiger partial charge < -0.3 is 24.3 Å². The van der Waals surface area contributed by atoms with Crippen LogP contribution in [-0.4, -0.2) is 30.3 Å². The summed E-state index contributed by atoms with van der Waals surface area (Å²) in [4.78, 5) is 12.6. The topological polar surface area (TPSA) is 93.0 Å². The summed E-state index contributed by atoms with van der Waals surface area (Å²) in [5.41, 5.74) is 1.53. The molecule has 0 radical (unpaired) electrons. The van der Waals surface area contributed by atoms with Gasteiger partial charge in [-0.3, -0.25) is 10.1 Å². The molecule has 2 aromatic carbocycles. The standard InChI is InChI=1S/C21H19ClN2O5S/c1-27-17-7-4-13(10-15(17)19-8-5-14(11-25)29-19)23-21(30)24-20(26)16-9-12(22)3-6-18(16)28-2/h3-10,25H,11H2,1-2H3,(H2,23,24,26,30). The van der Waals surface area contributed by atoms with Crippen LogP contribution in [-0.2, 0) is 6.61 Å². The highest BCUT2D eigenvalue weighted by Gasteiger charge is 2.16. The first-order valence-corrected chi connectivity index (χ1v) is 9.57. The first-order valence-electron chi connectivity index (χ1n) is 8.79. The van der Waals surface area contributed by atoms with Gasteiger partial charge in [0.15, 0.2) is 5.11 Å². The molecule has 3 aromatic rings. The van der Waals surface area contributed by atoms with Crippen LogP contribution in [0.5, 0.6) is 11.5 Å². The normalized spacial score (nSPS) is 10.4. The van der Waals surface area contributed by atoms with Crippen LogP contribution in [0, 0.1) is 0 Å². The predicted molar refractivity (Wildman–Crippen MR) is 118 cm³/mol. The Balaban J connectivity index is 1.77. The summed E-state index contributed by atoms with van der Waals surface area (Å²) in [5.74, 6) is 1.46. The number of hydrogen-bond donors (Lipinski definition) is 3. The lowest BCUT2D eigenvalue weighted by Gasteiger charge is -2.13. The van der Waals surface area contributed by atoms with Crippen molar-refractivity contribution in [3.05, 3.63) is 64.9 Å². The zero-order valence-electron chi connectivity index (χ0n) is 16.2. The Morgan fingerprint density at radius 1 is 1.10 bits per heavy atom. The maximum atomic E-state index is 12.6. The molecule has 3 rings (SSSR count). The molecule has 0 spiro atoms. The Labute approximate surface area is 183 Å². The fourth-order valence-electron chi connectivity index (χ4n) is 2.78. The summed E-state index contributed by atoms with van der Waals surface area (Å²) in [6, 6.07) is 13.4. The van der Waals surface area contributed by atoms with Crippen LogP contribution < -0.4 is 20.1 Å². The second kappa shape index (κ2) is 9.62. The number of rotatable bonds is 6. The first kappa shape index (κ1) is 21.6. The maximum Gasteiger partial charge on any atom is 0.261 e. The van der Waals surface area contributed by atoms with E-state index in [4.69, 9.17) is 37.7 Å². The van der Waals surface area contributed by atoms with Gasteiger partial charge in [0.05, 0.1) is 25.3 Å². The van der Waals surface area contributed by atoms with E-state index in [1.54, 1.807) is 49.6 Å². The van der Waals surface area contributed by atoms with Crippen LogP contribution in [0.25, 0.3) is 11.3 Å². The van der Waals surface area contributed by atoms with Gasteiger partial charge in [-0.2, -0.15) is 0 Å². The fourth-order valence-corrected chi connectivity index (χ4v) is 3.16. The third kappa shape index (κ3) is 4.91.